The van der Waals surface area contributed by atoms with Crippen LogP contribution in [0.4, 0.5) is 4.79 Å². The first-order chi connectivity index (χ1) is 21.3. The van der Waals surface area contributed by atoms with Crippen LogP contribution in [0.2, 0.25) is 0 Å². The summed E-state index contributed by atoms with van der Waals surface area (Å²) in [6.07, 6.45) is -1.31. The zero-order chi connectivity index (χ0) is 32.8. The number of aromatic nitrogens is 2. The largest absolute Gasteiger partial charge is 0.481 e. The molecule has 0 fully saturated rings. The Morgan fingerprint density at radius 1 is 1.11 bits per heavy atom. The van der Waals surface area contributed by atoms with Crippen LogP contribution in [0, 0.1) is 0 Å². The molecule has 0 bridgehead atoms. The van der Waals surface area contributed by atoms with E-state index in [0.717, 1.165) is 11.1 Å². The molecule has 0 aliphatic carbocycles. The van der Waals surface area contributed by atoms with Crippen LogP contribution < -0.4 is 20.9 Å². The van der Waals surface area contributed by atoms with Crippen molar-refractivity contribution in [3.8, 4) is 17.1 Å². The quantitative estimate of drug-likeness (QED) is 0.166. The lowest BCUT2D eigenvalue weighted by molar-refractivity contribution is -0.172. The van der Waals surface area contributed by atoms with E-state index in [4.69, 9.17) is 24.7 Å². The highest BCUT2D eigenvalue weighted by atomic mass is 16.6. The van der Waals surface area contributed by atoms with E-state index in [-0.39, 0.29) is 42.0 Å². The van der Waals surface area contributed by atoms with Gasteiger partial charge in [0.15, 0.2) is 5.60 Å². The molecule has 2 aliphatic rings. The van der Waals surface area contributed by atoms with Gasteiger partial charge < -0.3 is 40.0 Å². The number of aliphatic carboxylic acids is 2. The molecule has 5 rings (SSSR count). The van der Waals surface area contributed by atoms with Gasteiger partial charge in [0.2, 0.25) is 5.91 Å². The van der Waals surface area contributed by atoms with E-state index >= 15 is 0 Å². The zero-order valence-corrected chi connectivity index (χ0v) is 24.5. The number of rotatable bonds is 9. The molecule has 2 unspecified atom stereocenters. The van der Waals surface area contributed by atoms with Gasteiger partial charge in [-0.15, -0.1) is 0 Å². The van der Waals surface area contributed by atoms with E-state index in [1.807, 2.05) is 6.92 Å². The van der Waals surface area contributed by atoms with Gasteiger partial charge in [-0.25, -0.2) is 19.4 Å². The molecule has 0 saturated carbocycles. The van der Waals surface area contributed by atoms with Crippen molar-refractivity contribution in [3.05, 3.63) is 56.9 Å². The number of carbonyl (C=O) groups is 5. The minimum Gasteiger partial charge on any atom is -0.481 e. The Morgan fingerprint density at radius 2 is 1.84 bits per heavy atom. The summed E-state index contributed by atoms with van der Waals surface area (Å²) in [4.78, 5) is 77.8. The minimum absolute atomic E-state index is 0.0212. The van der Waals surface area contributed by atoms with Gasteiger partial charge in [-0.1, -0.05) is 13.8 Å². The molecule has 0 saturated heterocycles. The van der Waals surface area contributed by atoms with Gasteiger partial charge in [0.1, 0.15) is 24.4 Å². The van der Waals surface area contributed by atoms with Crippen molar-refractivity contribution in [1.82, 2.24) is 20.2 Å². The third-order valence-corrected chi connectivity index (χ3v) is 8.06. The standard InChI is InChI=1S/C30H30N4O11/c1-4-15-16-8-14(45-29(42)31-13(3)25(37)33-21(27(39)40)10-23(35)36)6-7-20(16)32-24-17(15)11-34-22(24)9-19-18(26(34)38)12-44-28(41)30(19,43)5-2/h6-9,13,21,43H,4-5,10-12H2,1-3H3,(H,31,42)(H,33,37)(H,35,36)(H,39,40)/t13?,21?,30-/m0/s1. The predicted molar refractivity (Wildman–Crippen MR) is 154 cm³/mol. The number of ether oxygens (including phenoxy) is 2. The molecule has 2 aromatic heterocycles. The van der Waals surface area contributed by atoms with E-state index in [1.165, 1.54) is 17.6 Å². The maximum atomic E-state index is 13.5. The average molecular weight is 623 g/mol. The molecular formula is C30H30N4O11. The number of nitrogens with one attached hydrogen (secondary N) is 2. The number of carboxylic acids is 2. The molecule has 5 N–H and O–H groups in total. The zero-order valence-electron chi connectivity index (χ0n) is 24.5. The summed E-state index contributed by atoms with van der Waals surface area (Å²) >= 11 is 0. The van der Waals surface area contributed by atoms with E-state index in [2.05, 4.69) is 10.6 Å². The third kappa shape index (κ3) is 5.46. The van der Waals surface area contributed by atoms with Gasteiger partial charge in [0, 0.05) is 16.5 Å². The maximum Gasteiger partial charge on any atom is 0.413 e. The van der Waals surface area contributed by atoms with Crippen molar-refractivity contribution in [3.63, 3.8) is 0 Å². The van der Waals surface area contributed by atoms with Gasteiger partial charge in [0.05, 0.1) is 35.4 Å². The van der Waals surface area contributed by atoms with Crippen LogP contribution in [-0.2, 0) is 49.1 Å². The molecule has 15 heteroatoms. The number of carboxylic acid groups (broad SMARTS) is 2. The average Bonchev–Trinajstić information content (AvgIpc) is 3.35. The first-order valence-corrected chi connectivity index (χ1v) is 14.1. The SMILES string of the molecule is CCc1c2c(nc3ccc(OC(=O)NC(C)C(=O)NC(CC(=O)O)C(=O)O)cc13)-c1cc3c(c(=O)n1C2)COC(=O)[C@]3(O)CC. The second kappa shape index (κ2) is 11.6. The van der Waals surface area contributed by atoms with E-state index in [9.17, 15) is 33.9 Å². The number of carbonyl (C=O) groups excluding carboxylic acids is 3. The number of hydrogen-bond donors (Lipinski definition) is 5. The van der Waals surface area contributed by atoms with Crippen molar-refractivity contribution >= 4 is 40.8 Å². The van der Waals surface area contributed by atoms with Gasteiger partial charge in [-0.05, 0) is 49.6 Å². The summed E-state index contributed by atoms with van der Waals surface area (Å²) in [6.45, 7) is 4.78. The Labute approximate surface area is 254 Å². The molecule has 3 aromatic rings. The summed E-state index contributed by atoms with van der Waals surface area (Å²) in [5.41, 5.74) is 1.22. The summed E-state index contributed by atoms with van der Waals surface area (Å²) in [5, 5.41) is 34.1. The summed E-state index contributed by atoms with van der Waals surface area (Å²) in [7, 11) is 0. The Bertz CT molecular complexity index is 1850. The number of aryl methyl sites for hydroxylation is 1. The van der Waals surface area contributed by atoms with E-state index in [0.29, 0.717) is 28.7 Å². The fraction of sp³-hybridized carbons (Fsp3) is 0.367. The second-order valence-electron chi connectivity index (χ2n) is 10.8. The summed E-state index contributed by atoms with van der Waals surface area (Å²) < 4.78 is 12.0. The first kappa shape index (κ1) is 31.1. The Morgan fingerprint density at radius 3 is 2.49 bits per heavy atom. The number of fused-ring (bicyclic) bond motifs is 5. The fourth-order valence-electron chi connectivity index (χ4n) is 5.66. The molecule has 3 atom stereocenters. The van der Waals surface area contributed by atoms with Gasteiger partial charge in [-0.3, -0.25) is 14.4 Å². The second-order valence-corrected chi connectivity index (χ2v) is 10.8. The monoisotopic (exact) mass is 622 g/mol. The lowest BCUT2D eigenvalue weighted by atomic mass is 9.86. The van der Waals surface area contributed by atoms with E-state index < -0.39 is 54.0 Å². The molecule has 4 heterocycles. The molecule has 0 radical (unpaired) electrons. The molecule has 236 valence electrons. The lowest BCUT2D eigenvalue weighted by Gasteiger charge is -2.31. The van der Waals surface area contributed by atoms with Crippen molar-refractivity contribution in [2.45, 2.75) is 70.9 Å². The predicted octanol–water partition coefficient (Wildman–Crippen LogP) is 1.16. The fourth-order valence-corrected chi connectivity index (χ4v) is 5.66. The van der Waals surface area contributed by atoms with E-state index in [1.54, 1.807) is 25.1 Å². The van der Waals surface area contributed by atoms with Crippen LogP contribution in [0.1, 0.15) is 55.9 Å². The topological polar surface area (TPSA) is 223 Å². The van der Waals surface area contributed by atoms with Crippen molar-refractivity contribution in [1.29, 1.82) is 0 Å². The molecule has 2 aliphatic heterocycles. The normalized spacial score (nSPS) is 17.7. The molecule has 1 aromatic carbocycles. The van der Waals surface area contributed by atoms with Gasteiger partial charge in [-0.2, -0.15) is 0 Å². The lowest BCUT2D eigenvalue weighted by Crippen LogP contribution is -2.51. The highest BCUT2D eigenvalue weighted by Crippen LogP contribution is 2.40. The number of aliphatic hydroxyl groups is 1. The summed E-state index contributed by atoms with van der Waals surface area (Å²) in [5.74, 6) is -4.57. The van der Waals surface area contributed by atoms with Crippen LogP contribution in [-0.4, -0.2) is 66.9 Å². The van der Waals surface area contributed by atoms with Crippen LogP contribution in [0.15, 0.2) is 29.1 Å². The van der Waals surface area contributed by atoms with Crippen LogP contribution in [0.5, 0.6) is 5.75 Å². The summed E-state index contributed by atoms with van der Waals surface area (Å²) in [6, 6.07) is 3.40. The van der Waals surface area contributed by atoms with Crippen molar-refractivity contribution in [2.24, 2.45) is 0 Å². The number of esters is 1. The van der Waals surface area contributed by atoms with Crippen molar-refractivity contribution < 1.29 is 48.8 Å². The third-order valence-electron chi connectivity index (χ3n) is 8.06. The highest BCUT2D eigenvalue weighted by molar-refractivity contribution is 5.92. The van der Waals surface area contributed by atoms with Crippen LogP contribution in [0.3, 0.4) is 0 Å². The molecule has 0 spiro atoms. The Kier molecular flexibility index (Phi) is 8.06. The van der Waals surface area contributed by atoms with Gasteiger partial charge in [0.25, 0.3) is 5.56 Å². The molecular weight excluding hydrogens is 592 g/mol. The number of amides is 2. The number of cyclic esters (lactones) is 1. The minimum atomic E-state index is -1.95. The molecule has 45 heavy (non-hydrogen) atoms. The van der Waals surface area contributed by atoms with Crippen LogP contribution in [0.25, 0.3) is 22.3 Å². The highest BCUT2D eigenvalue weighted by Gasteiger charge is 2.45. The number of hydrogen-bond acceptors (Lipinski definition) is 10. The first-order valence-electron chi connectivity index (χ1n) is 14.1. The number of benzene rings is 1. The smallest absolute Gasteiger partial charge is 0.413 e. The molecule has 2 amide bonds. The number of pyridine rings is 2. The number of nitrogens with zero attached hydrogens (tertiary/aromatic N) is 2. The van der Waals surface area contributed by atoms with Crippen molar-refractivity contribution in [2.75, 3.05) is 0 Å². The van der Waals surface area contributed by atoms with Crippen LogP contribution >= 0.6 is 0 Å². The Hall–Kier alpha value is -5.31. The molecule has 15 nitrogen and oxygen atoms in total. The maximum absolute atomic E-state index is 13.5. The Balaban J connectivity index is 1.41. The van der Waals surface area contributed by atoms with Gasteiger partial charge >= 0.3 is 24.0 Å².